The van der Waals surface area contributed by atoms with E-state index in [9.17, 15) is 4.79 Å². The number of morpholine rings is 1. The van der Waals surface area contributed by atoms with Crippen LogP contribution in [0.2, 0.25) is 0 Å². The molecule has 2 heterocycles. The van der Waals surface area contributed by atoms with E-state index in [-0.39, 0.29) is 11.9 Å². The van der Waals surface area contributed by atoms with Crippen LogP contribution < -0.4 is 14.8 Å². The number of hydrogen-bond donors (Lipinski definition) is 1. The highest BCUT2D eigenvalue weighted by atomic mass is 32.1. The summed E-state index contributed by atoms with van der Waals surface area (Å²) in [4.78, 5) is 16.0. The number of methoxy groups -OCH3 is 2. The summed E-state index contributed by atoms with van der Waals surface area (Å²) in [7, 11) is 3.19. The van der Waals surface area contributed by atoms with Gasteiger partial charge in [-0.2, -0.15) is 0 Å². The normalized spacial score (nSPS) is 16.1. The van der Waals surface area contributed by atoms with Crippen LogP contribution in [-0.4, -0.2) is 57.9 Å². The number of rotatable bonds is 8. The Kier molecular flexibility index (Phi) is 7.47. The zero-order chi connectivity index (χ0) is 19.8. The van der Waals surface area contributed by atoms with E-state index in [1.807, 2.05) is 24.3 Å². The van der Waals surface area contributed by atoms with Crippen molar-refractivity contribution in [2.45, 2.75) is 6.04 Å². The number of nitrogens with one attached hydrogen (secondary N) is 1. The van der Waals surface area contributed by atoms with E-state index < -0.39 is 0 Å². The van der Waals surface area contributed by atoms with E-state index in [1.165, 1.54) is 4.88 Å². The summed E-state index contributed by atoms with van der Waals surface area (Å²) in [5.41, 5.74) is 0.871. The van der Waals surface area contributed by atoms with Crippen LogP contribution in [0.25, 0.3) is 6.08 Å². The van der Waals surface area contributed by atoms with Crippen LogP contribution in [0.5, 0.6) is 11.5 Å². The number of nitrogens with zero attached hydrogens (tertiary/aromatic N) is 1. The summed E-state index contributed by atoms with van der Waals surface area (Å²) in [5.74, 6) is 1.17. The highest BCUT2D eigenvalue weighted by molar-refractivity contribution is 7.10. The number of hydrogen-bond acceptors (Lipinski definition) is 6. The molecule has 0 aliphatic carbocycles. The van der Waals surface area contributed by atoms with Gasteiger partial charge in [0.05, 0.1) is 33.5 Å². The van der Waals surface area contributed by atoms with Crippen molar-refractivity contribution >= 4 is 23.3 Å². The van der Waals surface area contributed by atoms with Crippen LogP contribution in [0.1, 0.15) is 16.5 Å². The van der Waals surface area contributed by atoms with Crippen molar-refractivity contribution < 1.29 is 19.0 Å². The van der Waals surface area contributed by atoms with Gasteiger partial charge in [0.15, 0.2) is 11.5 Å². The molecule has 0 radical (unpaired) electrons. The number of amides is 1. The van der Waals surface area contributed by atoms with E-state index in [0.717, 1.165) is 31.9 Å². The van der Waals surface area contributed by atoms with Crippen molar-refractivity contribution in [1.82, 2.24) is 10.2 Å². The van der Waals surface area contributed by atoms with Crippen LogP contribution in [0, 0.1) is 0 Å². The molecule has 150 valence electrons. The monoisotopic (exact) mass is 402 g/mol. The molecule has 1 amide bonds. The Morgan fingerprint density at radius 3 is 2.71 bits per heavy atom. The molecule has 1 aromatic carbocycles. The van der Waals surface area contributed by atoms with E-state index in [4.69, 9.17) is 14.2 Å². The third kappa shape index (κ3) is 5.34. The number of carbonyl (C=O) groups is 1. The standard InChI is InChI=1S/C21H26N2O4S/c1-25-18-7-5-16(14-19(18)26-2)6-8-21(24)22-15-17(20-4-3-13-28-20)23-9-11-27-12-10-23/h3-8,13-14,17H,9-12,15H2,1-2H3,(H,22,24)/b8-6+/t17-/m1/s1. The second-order valence-corrected chi connectivity index (χ2v) is 7.35. The lowest BCUT2D eigenvalue weighted by Crippen LogP contribution is -2.43. The van der Waals surface area contributed by atoms with Crippen molar-refractivity contribution in [2.24, 2.45) is 0 Å². The number of benzene rings is 1. The fourth-order valence-electron chi connectivity index (χ4n) is 3.16. The SMILES string of the molecule is COc1ccc(/C=C/C(=O)NC[C@H](c2cccs2)N2CCOCC2)cc1OC. The zero-order valence-electron chi connectivity index (χ0n) is 16.2. The topological polar surface area (TPSA) is 60.0 Å². The van der Waals surface area contributed by atoms with Crippen molar-refractivity contribution in [3.8, 4) is 11.5 Å². The highest BCUT2D eigenvalue weighted by Gasteiger charge is 2.23. The Labute approximate surface area is 169 Å². The lowest BCUT2D eigenvalue weighted by molar-refractivity contribution is -0.116. The van der Waals surface area contributed by atoms with E-state index >= 15 is 0 Å². The lowest BCUT2D eigenvalue weighted by Gasteiger charge is -2.34. The molecule has 1 saturated heterocycles. The lowest BCUT2D eigenvalue weighted by atomic mass is 10.1. The first-order valence-corrected chi connectivity index (χ1v) is 10.1. The van der Waals surface area contributed by atoms with Crippen molar-refractivity contribution in [3.05, 3.63) is 52.2 Å². The molecule has 1 atom stereocenters. The van der Waals surface area contributed by atoms with Gasteiger partial charge in [0, 0.05) is 30.6 Å². The number of thiophene rings is 1. The number of carbonyl (C=O) groups excluding carboxylic acids is 1. The van der Waals surface area contributed by atoms with Crippen molar-refractivity contribution in [3.63, 3.8) is 0 Å². The summed E-state index contributed by atoms with van der Waals surface area (Å²) in [6, 6.07) is 9.88. The third-order valence-electron chi connectivity index (χ3n) is 4.66. The Bertz CT molecular complexity index is 786. The maximum Gasteiger partial charge on any atom is 0.244 e. The first-order valence-electron chi connectivity index (χ1n) is 9.24. The summed E-state index contributed by atoms with van der Waals surface area (Å²) in [6.07, 6.45) is 3.32. The largest absolute Gasteiger partial charge is 0.493 e. The zero-order valence-corrected chi connectivity index (χ0v) is 17.0. The fraction of sp³-hybridized carbons (Fsp3) is 0.381. The Morgan fingerprint density at radius 1 is 1.25 bits per heavy atom. The molecule has 7 heteroatoms. The minimum atomic E-state index is -0.121. The average Bonchev–Trinajstić information content (AvgIpc) is 3.27. The molecule has 0 spiro atoms. The van der Waals surface area contributed by atoms with Crippen LogP contribution in [-0.2, 0) is 9.53 Å². The first-order chi connectivity index (χ1) is 13.7. The second kappa shape index (κ2) is 10.3. The Hall–Kier alpha value is -2.35. The molecule has 1 N–H and O–H groups in total. The van der Waals surface area contributed by atoms with Gasteiger partial charge in [0.2, 0.25) is 5.91 Å². The molecule has 1 aromatic heterocycles. The maximum atomic E-state index is 12.4. The third-order valence-corrected chi connectivity index (χ3v) is 5.64. The molecule has 0 saturated carbocycles. The minimum absolute atomic E-state index is 0.121. The van der Waals surface area contributed by atoms with Crippen LogP contribution in [0.4, 0.5) is 0 Å². The molecule has 28 heavy (non-hydrogen) atoms. The van der Waals surface area contributed by atoms with Gasteiger partial charge < -0.3 is 19.5 Å². The van der Waals surface area contributed by atoms with Crippen LogP contribution in [0.15, 0.2) is 41.8 Å². The molecule has 6 nitrogen and oxygen atoms in total. The molecule has 1 aliphatic heterocycles. The average molecular weight is 403 g/mol. The molecular weight excluding hydrogens is 376 g/mol. The maximum absolute atomic E-state index is 12.4. The van der Waals surface area contributed by atoms with Crippen LogP contribution >= 0.6 is 11.3 Å². The van der Waals surface area contributed by atoms with Crippen LogP contribution in [0.3, 0.4) is 0 Å². The molecule has 0 bridgehead atoms. The van der Waals surface area contributed by atoms with Gasteiger partial charge in [-0.3, -0.25) is 9.69 Å². The van der Waals surface area contributed by atoms with Gasteiger partial charge in [-0.25, -0.2) is 0 Å². The van der Waals surface area contributed by atoms with Gasteiger partial charge in [0.25, 0.3) is 0 Å². The highest BCUT2D eigenvalue weighted by Crippen LogP contribution is 2.28. The minimum Gasteiger partial charge on any atom is -0.493 e. The molecule has 3 rings (SSSR count). The quantitative estimate of drug-likeness (QED) is 0.688. The van der Waals surface area contributed by atoms with Gasteiger partial charge >= 0.3 is 0 Å². The first kappa shape index (κ1) is 20.4. The van der Waals surface area contributed by atoms with Crippen molar-refractivity contribution in [2.75, 3.05) is 47.1 Å². The molecule has 2 aromatic rings. The smallest absolute Gasteiger partial charge is 0.244 e. The predicted octanol–water partition coefficient (Wildman–Crippen LogP) is 2.97. The second-order valence-electron chi connectivity index (χ2n) is 6.37. The summed E-state index contributed by atoms with van der Waals surface area (Å²) >= 11 is 1.72. The molecular formula is C21H26N2O4S. The fourth-order valence-corrected chi connectivity index (χ4v) is 4.03. The summed E-state index contributed by atoms with van der Waals surface area (Å²) < 4.78 is 16.0. The van der Waals surface area contributed by atoms with E-state index in [0.29, 0.717) is 18.0 Å². The van der Waals surface area contributed by atoms with Gasteiger partial charge in [-0.05, 0) is 35.2 Å². The van der Waals surface area contributed by atoms with E-state index in [1.54, 1.807) is 37.7 Å². The van der Waals surface area contributed by atoms with Crippen molar-refractivity contribution in [1.29, 1.82) is 0 Å². The summed E-state index contributed by atoms with van der Waals surface area (Å²) in [5, 5.41) is 5.10. The van der Waals surface area contributed by atoms with Gasteiger partial charge in [-0.15, -0.1) is 11.3 Å². The summed E-state index contributed by atoms with van der Waals surface area (Å²) in [6.45, 7) is 3.78. The number of ether oxygens (including phenoxy) is 3. The molecule has 1 fully saturated rings. The van der Waals surface area contributed by atoms with E-state index in [2.05, 4.69) is 21.7 Å². The Balaban J connectivity index is 1.60. The molecule has 1 aliphatic rings. The predicted molar refractivity (Wildman–Crippen MR) is 111 cm³/mol. The Morgan fingerprint density at radius 2 is 2.04 bits per heavy atom. The van der Waals surface area contributed by atoms with Gasteiger partial charge in [0.1, 0.15) is 0 Å². The molecule has 0 unspecified atom stereocenters. The van der Waals surface area contributed by atoms with Gasteiger partial charge in [-0.1, -0.05) is 12.1 Å².